The quantitative estimate of drug-likeness (QED) is 0.748. The number of hydrogen-bond acceptors (Lipinski definition) is 2. The van der Waals surface area contributed by atoms with Crippen molar-refractivity contribution in [1.82, 2.24) is 10.2 Å². The highest BCUT2D eigenvalue weighted by Gasteiger charge is 2.24. The zero-order valence-electron chi connectivity index (χ0n) is 13.2. The van der Waals surface area contributed by atoms with Crippen LogP contribution in [0.2, 0.25) is 0 Å². The van der Waals surface area contributed by atoms with E-state index >= 15 is 0 Å². The van der Waals surface area contributed by atoms with Gasteiger partial charge in [-0.3, -0.25) is 0 Å². The Morgan fingerprint density at radius 2 is 1.72 bits per heavy atom. The van der Waals surface area contributed by atoms with Gasteiger partial charge in [-0.2, -0.15) is 0 Å². The van der Waals surface area contributed by atoms with Gasteiger partial charge < -0.3 is 10.2 Å². The Bertz CT molecular complexity index is 207. The molecule has 0 aliphatic carbocycles. The molecule has 0 aromatic rings. The summed E-state index contributed by atoms with van der Waals surface area (Å²) in [5.74, 6) is 1.83. The third-order valence-electron chi connectivity index (χ3n) is 4.58. The summed E-state index contributed by atoms with van der Waals surface area (Å²) >= 11 is 0. The molecule has 2 atom stereocenters. The second kappa shape index (κ2) is 8.16. The highest BCUT2D eigenvalue weighted by Crippen LogP contribution is 2.26. The third kappa shape index (κ3) is 5.27. The second-order valence-electron chi connectivity index (χ2n) is 6.56. The topological polar surface area (TPSA) is 15.3 Å². The van der Waals surface area contributed by atoms with E-state index in [4.69, 9.17) is 0 Å². The van der Waals surface area contributed by atoms with Crippen LogP contribution in [0.25, 0.3) is 0 Å². The summed E-state index contributed by atoms with van der Waals surface area (Å²) in [6.45, 7) is 15.5. The summed E-state index contributed by atoms with van der Waals surface area (Å²) in [6.07, 6.45) is 5.32. The van der Waals surface area contributed by atoms with Crippen molar-refractivity contribution in [2.24, 2.45) is 11.8 Å². The first kappa shape index (κ1) is 16.0. The predicted octanol–water partition coefficient (Wildman–Crippen LogP) is 3.52. The fraction of sp³-hybridized carbons (Fsp3) is 1.00. The summed E-state index contributed by atoms with van der Waals surface area (Å²) in [6, 6.07) is 1.39. The van der Waals surface area contributed by atoms with Crippen LogP contribution in [0, 0.1) is 11.8 Å². The maximum absolute atomic E-state index is 3.60. The molecule has 1 rings (SSSR count). The van der Waals surface area contributed by atoms with Crippen LogP contribution in [0.15, 0.2) is 0 Å². The van der Waals surface area contributed by atoms with Gasteiger partial charge in [0.25, 0.3) is 0 Å². The van der Waals surface area contributed by atoms with Crippen LogP contribution < -0.4 is 5.32 Å². The van der Waals surface area contributed by atoms with E-state index in [1.807, 2.05) is 0 Å². The molecule has 2 nitrogen and oxygen atoms in total. The first-order chi connectivity index (χ1) is 8.54. The lowest BCUT2D eigenvalue weighted by molar-refractivity contribution is 0.112. The minimum Gasteiger partial charge on any atom is -0.314 e. The average molecular weight is 254 g/mol. The summed E-state index contributed by atoms with van der Waals surface area (Å²) in [5, 5.41) is 3.60. The van der Waals surface area contributed by atoms with Gasteiger partial charge in [0.2, 0.25) is 0 Å². The van der Waals surface area contributed by atoms with Gasteiger partial charge in [-0.05, 0) is 71.0 Å². The first-order valence-electron chi connectivity index (χ1n) is 8.02. The number of piperidine rings is 1. The highest BCUT2D eigenvalue weighted by molar-refractivity contribution is 4.79. The van der Waals surface area contributed by atoms with E-state index in [9.17, 15) is 0 Å². The average Bonchev–Trinajstić information content (AvgIpc) is 2.36. The predicted molar refractivity (Wildman–Crippen MR) is 81.0 cm³/mol. The highest BCUT2D eigenvalue weighted by atomic mass is 15.2. The fourth-order valence-corrected chi connectivity index (χ4v) is 3.16. The van der Waals surface area contributed by atoms with Crippen molar-refractivity contribution < 1.29 is 0 Å². The van der Waals surface area contributed by atoms with Gasteiger partial charge in [0.05, 0.1) is 0 Å². The SMILES string of the molecule is CCCNC(C)CC(C)N1CCC(C(C)C)CC1. The van der Waals surface area contributed by atoms with Crippen molar-refractivity contribution in [2.45, 2.75) is 72.4 Å². The molecule has 0 saturated carbocycles. The largest absolute Gasteiger partial charge is 0.314 e. The third-order valence-corrected chi connectivity index (χ3v) is 4.58. The second-order valence-corrected chi connectivity index (χ2v) is 6.56. The van der Waals surface area contributed by atoms with Crippen molar-refractivity contribution in [3.63, 3.8) is 0 Å². The molecule has 0 radical (unpaired) electrons. The molecule has 2 heteroatoms. The Kier molecular flexibility index (Phi) is 7.25. The number of nitrogens with zero attached hydrogens (tertiary/aromatic N) is 1. The van der Waals surface area contributed by atoms with Crippen LogP contribution in [0.5, 0.6) is 0 Å². The molecule has 108 valence electrons. The van der Waals surface area contributed by atoms with Gasteiger partial charge in [0.15, 0.2) is 0 Å². The standard InChI is InChI=1S/C16H34N2/c1-6-9-17-14(4)12-15(5)18-10-7-16(8-11-18)13(2)3/h13-17H,6-12H2,1-5H3. The Morgan fingerprint density at radius 3 is 2.22 bits per heavy atom. The van der Waals surface area contributed by atoms with E-state index in [-0.39, 0.29) is 0 Å². The van der Waals surface area contributed by atoms with Crippen molar-refractivity contribution in [1.29, 1.82) is 0 Å². The molecule has 0 aromatic carbocycles. The summed E-state index contributed by atoms with van der Waals surface area (Å²) in [5.41, 5.74) is 0. The smallest absolute Gasteiger partial charge is 0.00816 e. The van der Waals surface area contributed by atoms with Gasteiger partial charge >= 0.3 is 0 Å². The molecular formula is C16H34N2. The summed E-state index contributed by atoms with van der Waals surface area (Å²) < 4.78 is 0. The van der Waals surface area contributed by atoms with Crippen LogP contribution in [-0.4, -0.2) is 36.6 Å². The number of nitrogens with one attached hydrogen (secondary N) is 1. The van der Waals surface area contributed by atoms with E-state index in [0.717, 1.165) is 24.4 Å². The molecule has 1 aliphatic heterocycles. The Labute approximate surface area is 115 Å². The zero-order chi connectivity index (χ0) is 13.5. The van der Waals surface area contributed by atoms with Gasteiger partial charge in [-0.15, -0.1) is 0 Å². The Hall–Kier alpha value is -0.0800. The molecule has 0 spiro atoms. The van der Waals surface area contributed by atoms with Gasteiger partial charge in [0.1, 0.15) is 0 Å². The van der Waals surface area contributed by atoms with Crippen molar-refractivity contribution in [3.05, 3.63) is 0 Å². The van der Waals surface area contributed by atoms with E-state index in [1.54, 1.807) is 0 Å². The maximum atomic E-state index is 3.60. The Morgan fingerprint density at radius 1 is 1.11 bits per heavy atom. The molecule has 0 bridgehead atoms. The van der Waals surface area contributed by atoms with Crippen LogP contribution in [0.1, 0.15) is 60.3 Å². The molecular weight excluding hydrogens is 220 g/mol. The van der Waals surface area contributed by atoms with E-state index in [2.05, 4.69) is 44.8 Å². The molecule has 18 heavy (non-hydrogen) atoms. The van der Waals surface area contributed by atoms with E-state index in [0.29, 0.717) is 6.04 Å². The molecule has 1 heterocycles. The van der Waals surface area contributed by atoms with E-state index < -0.39 is 0 Å². The number of hydrogen-bond donors (Lipinski definition) is 1. The fourth-order valence-electron chi connectivity index (χ4n) is 3.16. The minimum absolute atomic E-state index is 0.655. The lowest BCUT2D eigenvalue weighted by Crippen LogP contribution is -2.43. The van der Waals surface area contributed by atoms with Gasteiger partial charge in [0, 0.05) is 12.1 Å². The van der Waals surface area contributed by atoms with Crippen LogP contribution in [0.3, 0.4) is 0 Å². The van der Waals surface area contributed by atoms with Gasteiger partial charge in [-0.1, -0.05) is 20.8 Å². The molecule has 1 saturated heterocycles. The molecule has 1 N–H and O–H groups in total. The molecule has 0 aromatic heterocycles. The maximum Gasteiger partial charge on any atom is 0.00816 e. The van der Waals surface area contributed by atoms with Gasteiger partial charge in [-0.25, -0.2) is 0 Å². The molecule has 0 amide bonds. The summed E-state index contributed by atoms with van der Waals surface area (Å²) in [7, 11) is 0. The normalized spacial score (nSPS) is 22.3. The van der Waals surface area contributed by atoms with Crippen LogP contribution in [-0.2, 0) is 0 Å². The molecule has 1 fully saturated rings. The minimum atomic E-state index is 0.655. The number of rotatable bonds is 7. The lowest BCUT2D eigenvalue weighted by atomic mass is 9.86. The molecule has 1 aliphatic rings. The van der Waals surface area contributed by atoms with Crippen LogP contribution >= 0.6 is 0 Å². The van der Waals surface area contributed by atoms with Crippen molar-refractivity contribution in [3.8, 4) is 0 Å². The van der Waals surface area contributed by atoms with Crippen molar-refractivity contribution in [2.75, 3.05) is 19.6 Å². The first-order valence-corrected chi connectivity index (χ1v) is 8.02. The van der Waals surface area contributed by atoms with Crippen molar-refractivity contribution >= 4 is 0 Å². The monoisotopic (exact) mass is 254 g/mol. The summed E-state index contributed by atoms with van der Waals surface area (Å²) in [4.78, 5) is 2.70. The number of likely N-dealkylation sites (tertiary alicyclic amines) is 1. The van der Waals surface area contributed by atoms with Crippen LogP contribution in [0.4, 0.5) is 0 Å². The zero-order valence-corrected chi connectivity index (χ0v) is 13.2. The van der Waals surface area contributed by atoms with E-state index in [1.165, 1.54) is 38.8 Å². The lowest BCUT2D eigenvalue weighted by Gasteiger charge is -2.38. The molecule has 2 unspecified atom stereocenters. The Balaban J connectivity index is 2.25.